The minimum Gasteiger partial charge on any atom is -0.456 e. The fourth-order valence-corrected chi connectivity index (χ4v) is 13.1. The van der Waals surface area contributed by atoms with Crippen LogP contribution in [0, 0.1) is 0 Å². The van der Waals surface area contributed by atoms with E-state index in [1.54, 1.807) is 0 Å². The van der Waals surface area contributed by atoms with Crippen LogP contribution < -0.4 is 9.64 Å². The monoisotopic (exact) mass is 891 g/mol. The Labute approximate surface area is 408 Å². The SMILES string of the molecule is CC1(C)c2ccccc2-c2ccc(N(c3ccc4c(c3)C3(c5ccccc5-c5ccccc53)c3ccccc3-4)c3cccc4c3-c3cccc(-c5ccccc5)c3-c3cc5ccccc5cc3O4)cc21. The first kappa shape index (κ1) is 39.3. The van der Waals surface area contributed by atoms with E-state index in [0.29, 0.717) is 0 Å². The van der Waals surface area contributed by atoms with E-state index in [0.717, 1.165) is 61.8 Å². The van der Waals surface area contributed by atoms with E-state index >= 15 is 0 Å². The van der Waals surface area contributed by atoms with E-state index in [9.17, 15) is 0 Å². The highest BCUT2D eigenvalue weighted by molar-refractivity contribution is 6.06. The molecule has 0 bridgehead atoms. The molecule has 2 nitrogen and oxygen atoms in total. The highest BCUT2D eigenvalue weighted by atomic mass is 16.5. The molecule has 15 rings (SSSR count). The Morgan fingerprint density at radius 2 is 0.800 bits per heavy atom. The molecule has 0 saturated heterocycles. The van der Waals surface area contributed by atoms with E-state index in [-0.39, 0.29) is 5.41 Å². The van der Waals surface area contributed by atoms with Gasteiger partial charge in [0, 0.05) is 33.5 Å². The summed E-state index contributed by atoms with van der Waals surface area (Å²) < 4.78 is 7.34. The zero-order valence-electron chi connectivity index (χ0n) is 38.9. The Bertz CT molecular complexity index is 3960. The number of ether oxygens (including phenoxy) is 1. The van der Waals surface area contributed by atoms with Crippen molar-refractivity contribution in [1.29, 1.82) is 0 Å². The van der Waals surface area contributed by atoms with Crippen LogP contribution >= 0.6 is 0 Å². The lowest BCUT2D eigenvalue weighted by atomic mass is 9.70. The lowest BCUT2D eigenvalue weighted by molar-refractivity contribution is 0.488. The first-order chi connectivity index (χ1) is 34.5. The minimum absolute atomic E-state index is 0.202. The van der Waals surface area contributed by atoms with Crippen molar-refractivity contribution in [1.82, 2.24) is 0 Å². The van der Waals surface area contributed by atoms with Crippen molar-refractivity contribution in [2.24, 2.45) is 0 Å². The summed E-state index contributed by atoms with van der Waals surface area (Å²) in [5, 5.41) is 2.32. The first-order valence-electron chi connectivity index (χ1n) is 24.5. The van der Waals surface area contributed by atoms with Gasteiger partial charge in [-0.1, -0.05) is 202 Å². The van der Waals surface area contributed by atoms with Crippen LogP contribution in [0.1, 0.15) is 47.2 Å². The van der Waals surface area contributed by atoms with Crippen molar-refractivity contribution in [2.75, 3.05) is 4.90 Å². The van der Waals surface area contributed by atoms with Crippen LogP contribution in [0.3, 0.4) is 0 Å². The first-order valence-corrected chi connectivity index (χ1v) is 24.5. The summed E-state index contributed by atoms with van der Waals surface area (Å²) >= 11 is 0. The predicted octanol–water partition coefficient (Wildman–Crippen LogP) is 18.1. The maximum atomic E-state index is 7.34. The van der Waals surface area contributed by atoms with Crippen molar-refractivity contribution in [3.63, 3.8) is 0 Å². The number of rotatable bonds is 4. The summed E-state index contributed by atoms with van der Waals surface area (Å²) in [6, 6.07) is 88.1. The fraction of sp³-hybridized carbons (Fsp3) is 0.0588. The van der Waals surface area contributed by atoms with Gasteiger partial charge in [-0.3, -0.25) is 0 Å². The maximum absolute atomic E-state index is 7.34. The van der Waals surface area contributed by atoms with Crippen LogP contribution in [0.4, 0.5) is 17.1 Å². The summed E-state index contributed by atoms with van der Waals surface area (Å²) in [4.78, 5) is 2.52. The Balaban J connectivity index is 1.03. The molecule has 1 spiro atoms. The summed E-state index contributed by atoms with van der Waals surface area (Å²) in [6.07, 6.45) is 0. The maximum Gasteiger partial charge on any atom is 0.137 e. The average molecular weight is 892 g/mol. The average Bonchev–Trinajstić information content (AvgIpc) is 3.92. The quantitative estimate of drug-likeness (QED) is 0.175. The summed E-state index contributed by atoms with van der Waals surface area (Å²) in [5.41, 5.74) is 25.0. The third-order valence-corrected chi connectivity index (χ3v) is 16.1. The molecule has 0 atom stereocenters. The normalized spacial score (nSPS) is 14.2. The lowest BCUT2D eigenvalue weighted by Crippen LogP contribution is -2.26. The molecule has 11 aromatic rings. The molecule has 4 aliphatic rings. The Morgan fingerprint density at radius 3 is 1.46 bits per heavy atom. The number of hydrogen-bond acceptors (Lipinski definition) is 2. The topological polar surface area (TPSA) is 12.5 Å². The Morgan fingerprint density at radius 1 is 0.314 bits per heavy atom. The summed E-state index contributed by atoms with van der Waals surface area (Å²) in [7, 11) is 0. The fourth-order valence-electron chi connectivity index (χ4n) is 13.1. The van der Waals surface area contributed by atoms with Gasteiger partial charge in [-0.25, -0.2) is 0 Å². The molecule has 0 fully saturated rings. The van der Waals surface area contributed by atoms with Crippen molar-refractivity contribution < 1.29 is 4.74 Å². The van der Waals surface area contributed by atoms with E-state index in [4.69, 9.17) is 4.74 Å². The molecular formula is C68H45NO. The van der Waals surface area contributed by atoms with Gasteiger partial charge in [-0.05, 0) is 143 Å². The molecule has 2 heteroatoms. The van der Waals surface area contributed by atoms with Gasteiger partial charge < -0.3 is 9.64 Å². The second-order valence-electron chi connectivity index (χ2n) is 19.9. The van der Waals surface area contributed by atoms with Crippen LogP contribution in [-0.4, -0.2) is 0 Å². The summed E-state index contributed by atoms with van der Waals surface area (Å²) in [6.45, 7) is 4.75. The van der Waals surface area contributed by atoms with Crippen LogP contribution in [0.5, 0.6) is 11.5 Å². The van der Waals surface area contributed by atoms with Crippen molar-refractivity contribution >= 4 is 27.8 Å². The molecule has 0 N–H and O–H groups in total. The van der Waals surface area contributed by atoms with E-state index in [1.165, 1.54) is 77.7 Å². The molecule has 70 heavy (non-hydrogen) atoms. The molecule has 3 aliphatic carbocycles. The second-order valence-corrected chi connectivity index (χ2v) is 19.9. The lowest BCUT2D eigenvalue weighted by Gasteiger charge is -2.33. The van der Waals surface area contributed by atoms with Gasteiger partial charge in [-0.2, -0.15) is 0 Å². The Hall–Kier alpha value is -8.72. The van der Waals surface area contributed by atoms with Gasteiger partial charge in [0.25, 0.3) is 0 Å². The van der Waals surface area contributed by atoms with Crippen LogP contribution in [-0.2, 0) is 10.8 Å². The largest absolute Gasteiger partial charge is 0.456 e. The third kappa shape index (κ3) is 5.23. The zero-order chi connectivity index (χ0) is 46.3. The molecule has 0 unspecified atom stereocenters. The highest BCUT2D eigenvalue weighted by Gasteiger charge is 2.52. The second kappa shape index (κ2) is 14.4. The van der Waals surface area contributed by atoms with Gasteiger partial charge in [-0.15, -0.1) is 0 Å². The predicted molar refractivity (Wildman–Crippen MR) is 289 cm³/mol. The van der Waals surface area contributed by atoms with Crippen molar-refractivity contribution in [3.8, 4) is 78.3 Å². The molecule has 328 valence electrons. The molecule has 0 saturated carbocycles. The number of anilines is 3. The zero-order valence-corrected chi connectivity index (χ0v) is 38.9. The molecule has 0 radical (unpaired) electrons. The molecule has 1 heterocycles. The van der Waals surface area contributed by atoms with E-state index < -0.39 is 5.41 Å². The van der Waals surface area contributed by atoms with Crippen molar-refractivity contribution in [2.45, 2.75) is 24.7 Å². The van der Waals surface area contributed by atoms with Gasteiger partial charge in [0.2, 0.25) is 0 Å². The number of nitrogens with zero attached hydrogens (tertiary/aromatic N) is 1. The van der Waals surface area contributed by atoms with Gasteiger partial charge in [0.1, 0.15) is 11.5 Å². The van der Waals surface area contributed by atoms with Crippen LogP contribution in [0.25, 0.3) is 77.5 Å². The minimum atomic E-state index is -0.500. The molecule has 0 amide bonds. The van der Waals surface area contributed by atoms with Gasteiger partial charge >= 0.3 is 0 Å². The van der Waals surface area contributed by atoms with Crippen molar-refractivity contribution in [3.05, 3.63) is 270 Å². The number of hydrogen-bond donors (Lipinski definition) is 0. The molecule has 0 aromatic heterocycles. The standard InChI is InChI=1S/C68H45NO/c1-67(2)56-28-12-8-22-48(56)52-36-34-45(40-60(52)67)69(46-35-37-53-51-25-11-15-31-59(51)68(61(53)41-46)57-29-13-9-23-49(57)50-24-10-14-30-58(50)68)62-32-17-33-63-66(62)54-27-16-26-47(42-18-4-3-5-19-42)65(54)55-38-43-20-6-7-21-44(43)39-64(55)70-63/h3-41H,1-2H3. The third-order valence-electron chi connectivity index (χ3n) is 16.1. The van der Waals surface area contributed by atoms with Gasteiger partial charge in [0.15, 0.2) is 0 Å². The highest BCUT2D eigenvalue weighted by Crippen LogP contribution is 2.64. The Kier molecular flexibility index (Phi) is 8.08. The molecular weight excluding hydrogens is 847 g/mol. The smallest absolute Gasteiger partial charge is 0.137 e. The van der Waals surface area contributed by atoms with E-state index in [2.05, 4.69) is 255 Å². The van der Waals surface area contributed by atoms with Crippen LogP contribution in [0.15, 0.2) is 237 Å². The molecule has 1 aliphatic heterocycles. The van der Waals surface area contributed by atoms with E-state index in [1.807, 2.05) is 0 Å². The van der Waals surface area contributed by atoms with Crippen LogP contribution in [0.2, 0.25) is 0 Å². The molecule has 11 aromatic carbocycles. The summed E-state index contributed by atoms with van der Waals surface area (Å²) in [5.74, 6) is 1.67. The number of benzene rings is 11. The van der Waals surface area contributed by atoms with Gasteiger partial charge in [0.05, 0.1) is 11.1 Å². The number of fused-ring (bicyclic) bond motifs is 19.